The number of hydrogen-bond acceptors (Lipinski definition) is 5. The van der Waals surface area contributed by atoms with Crippen LogP contribution in [0.4, 0.5) is 0 Å². The van der Waals surface area contributed by atoms with Gasteiger partial charge in [-0.25, -0.2) is 5.43 Å². The molecule has 0 atom stereocenters. The van der Waals surface area contributed by atoms with Gasteiger partial charge in [-0.2, -0.15) is 5.10 Å². The summed E-state index contributed by atoms with van der Waals surface area (Å²) >= 11 is 0. The van der Waals surface area contributed by atoms with Crippen LogP contribution in [0.1, 0.15) is 11.1 Å². The van der Waals surface area contributed by atoms with E-state index in [1.165, 1.54) is 6.21 Å². The van der Waals surface area contributed by atoms with Crippen LogP contribution in [0.15, 0.2) is 53.6 Å². The summed E-state index contributed by atoms with van der Waals surface area (Å²) in [6, 6.07) is 14.4. The van der Waals surface area contributed by atoms with Crippen molar-refractivity contribution >= 4 is 18.0 Å². The molecule has 0 aliphatic rings. The second-order valence-corrected chi connectivity index (χ2v) is 5.37. The van der Waals surface area contributed by atoms with Crippen LogP contribution in [-0.2, 0) is 16.0 Å². The van der Waals surface area contributed by atoms with Gasteiger partial charge in [-0.3, -0.25) is 9.59 Å². The standard InChI is InChI=1S/C19H21N3O4/c1-25-16-8-6-14(7-9-16)11-18(23)20-13-19(24)22-21-12-15-4-3-5-17(10-15)26-2/h3-10,12H,11,13H2,1-2H3,(H,20,23)(H,22,24)/b21-12-. The van der Waals surface area contributed by atoms with E-state index in [4.69, 9.17) is 9.47 Å². The summed E-state index contributed by atoms with van der Waals surface area (Å²) in [5.74, 6) is 0.767. The molecule has 2 amide bonds. The lowest BCUT2D eigenvalue weighted by atomic mass is 10.1. The lowest BCUT2D eigenvalue weighted by Crippen LogP contribution is -2.35. The highest BCUT2D eigenvalue weighted by Crippen LogP contribution is 2.11. The van der Waals surface area contributed by atoms with Crippen molar-refractivity contribution in [2.45, 2.75) is 6.42 Å². The third-order valence-electron chi connectivity index (χ3n) is 3.47. The summed E-state index contributed by atoms with van der Waals surface area (Å²) in [5, 5.41) is 6.40. The average molecular weight is 355 g/mol. The zero-order valence-corrected chi connectivity index (χ0v) is 14.7. The van der Waals surface area contributed by atoms with E-state index in [0.29, 0.717) is 5.75 Å². The number of amides is 2. The summed E-state index contributed by atoms with van der Waals surface area (Å²) < 4.78 is 10.2. The van der Waals surface area contributed by atoms with Crippen molar-refractivity contribution in [1.82, 2.24) is 10.7 Å². The lowest BCUT2D eigenvalue weighted by molar-refractivity contribution is -0.125. The van der Waals surface area contributed by atoms with Crippen LogP contribution < -0.4 is 20.2 Å². The zero-order chi connectivity index (χ0) is 18.8. The number of hydrogen-bond donors (Lipinski definition) is 2. The molecule has 0 aliphatic heterocycles. The number of ether oxygens (including phenoxy) is 2. The number of benzene rings is 2. The van der Waals surface area contributed by atoms with E-state index in [9.17, 15) is 9.59 Å². The topological polar surface area (TPSA) is 89.0 Å². The number of carbonyl (C=O) groups excluding carboxylic acids is 2. The first kappa shape index (κ1) is 19.0. The second kappa shape index (κ2) is 9.83. The molecule has 7 nitrogen and oxygen atoms in total. The Bertz CT molecular complexity index is 773. The van der Waals surface area contributed by atoms with E-state index in [-0.39, 0.29) is 18.9 Å². The van der Waals surface area contributed by atoms with Crippen LogP contribution in [-0.4, -0.2) is 38.8 Å². The summed E-state index contributed by atoms with van der Waals surface area (Å²) in [4.78, 5) is 23.6. The SMILES string of the molecule is COc1ccc(CC(=O)NCC(=O)N/N=C\c2cccc(OC)c2)cc1. The molecule has 0 aliphatic carbocycles. The normalized spacial score (nSPS) is 10.4. The molecule has 2 aromatic carbocycles. The van der Waals surface area contributed by atoms with Crippen LogP contribution in [0.5, 0.6) is 11.5 Å². The molecule has 0 saturated carbocycles. The molecule has 7 heteroatoms. The Morgan fingerprint density at radius 3 is 2.42 bits per heavy atom. The quantitative estimate of drug-likeness (QED) is 0.555. The summed E-state index contributed by atoms with van der Waals surface area (Å²) in [6.07, 6.45) is 1.68. The Labute approximate surface area is 152 Å². The molecule has 2 rings (SSSR count). The number of carbonyl (C=O) groups is 2. The molecular formula is C19H21N3O4. The molecule has 0 aromatic heterocycles. The van der Waals surface area contributed by atoms with E-state index in [0.717, 1.165) is 16.9 Å². The van der Waals surface area contributed by atoms with Gasteiger partial charge >= 0.3 is 0 Å². The van der Waals surface area contributed by atoms with Gasteiger partial charge in [0.05, 0.1) is 33.4 Å². The van der Waals surface area contributed by atoms with E-state index < -0.39 is 5.91 Å². The molecule has 0 radical (unpaired) electrons. The lowest BCUT2D eigenvalue weighted by Gasteiger charge is -2.05. The molecule has 0 saturated heterocycles. The van der Waals surface area contributed by atoms with Crippen molar-refractivity contribution in [2.75, 3.05) is 20.8 Å². The third kappa shape index (κ3) is 6.27. The maximum atomic E-state index is 11.9. The molecule has 0 bridgehead atoms. The minimum atomic E-state index is -0.410. The fourth-order valence-electron chi connectivity index (χ4n) is 2.11. The van der Waals surface area contributed by atoms with E-state index >= 15 is 0 Å². The van der Waals surface area contributed by atoms with Crippen LogP contribution in [0.25, 0.3) is 0 Å². The largest absolute Gasteiger partial charge is 0.497 e. The second-order valence-electron chi connectivity index (χ2n) is 5.37. The van der Waals surface area contributed by atoms with Gasteiger partial charge < -0.3 is 14.8 Å². The first-order valence-electron chi connectivity index (χ1n) is 7.96. The van der Waals surface area contributed by atoms with Crippen LogP contribution in [0, 0.1) is 0 Å². The summed E-state index contributed by atoms with van der Waals surface area (Å²) in [5.41, 5.74) is 3.98. The average Bonchev–Trinajstić information content (AvgIpc) is 2.67. The van der Waals surface area contributed by atoms with E-state index in [1.807, 2.05) is 18.2 Å². The van der Waals surface area contributed by atoms with Crippen LogP contribution in [0.2, 0.25) is 0 Å². The molecule has 26 heavy (non-hydrogen) atoms. The number of nitrogens with one attached hydrogen (secondary N) is 2. The molecule has 2 N–H and O–H groups in total. The van der Waals surface area contributed by atoms with Gasteiger partial charge in [-0.15, -0.1) is 0 Å². The van der Waals surface area contributed by atoms with Crippen LogP contribution >= 0.6 is 0 Å². The Kier molecular flexibility index (Phi) is 7.17. The Morgan fingerprint density at radius 1 is 1.00 bits per heavy atom. The number of methoxy groups -OCH3 is 2. The highest BCUT2D eigenvalue weighted by atomic mass is 16.5. The van der Waals surface area contributed by atoms with Gasteiger partial charge in [0.15, 0.2) is 0 Å². The number of nitrogens with zero attached hydrogens (tertiary/aromatic N) is 1. The van der Waals surface area contributed by atoms with Gasteiger partial charge in [-0.05, 0) is 35.4 Å². The predicted molar refractivity (Wildman–Crippen MR) is 98.4 cm³/mol. The maximum Gasteiger partial charge on any atom is 0.259 e. The van der Waals surface area contributed by atoms with Crippen molar-refractivity contribution in [3.63, 3.8) is 0 Å². The summed E-state index contributed by atoms with van der Waals surface area (Å²) in [6.45, 7) is -0.148. The fraction of sp³-hybridized carbons (Fsp3) is 0.211. The van der Waals surface area contributed by atoms with Crippen molar-refractivity contribution in [3.05, 3.63) is 59.7 Å². The van der Waals surface area contributed by atoms with E-state index in [1.54, 1.807) is 44.6 Å². The van der Waals surface area contributed by atoms with Crippen molar-refractivity contribution in [2.24, 2.45) is 5.10 Å². The van der Waals surface area contributed by atoms with Gasteiger partial charge in [0.25, 0.3) is 5.91 Å². The molecule has 0 heterocycles. The molecule has 0 unspecified atom stereocenters. The highest BCUT2D eigenvalue weighted by molar-refractivity contribution is 5.87. The molecule has 0 fully saturated rings. The molecule has 136 valence electrons. The molecule has 2 aromatic rings. The van der Waals surface area contributed by atoms with Crippen molar-refractivity contribution in [3.8, 4) is 11.5 Å². The Morgan fingerprint density at radius 2 is 1.73 bits per heavy atom. The van der Waals surface area contributed by atoms with E-state index in [2.05, 4.69) is 15.8 Å². The smallest absolute Gasteiger partial charge is 0.259 e. The minimum Gasteiger partial charge on any atom is -0.497 e. The zero-order valence-electron chi connectivity index (χ0n) is 14.7. The molecule has 0 spiro atoms. The summed E-state index contributed by atoms with van der Waals surface area (Å²) in [7, 11) is 3.16. The van der Waals surface area contributed by atoms with Crippen molar-refractivity contribution < 1.29 is 19.1 Å². The molecular weight excluding hydrogens is 334 g/mol. The first-order valence-corrected chi connectivity index (χ1v) is 7.96. The van der Waals surface area contributed by atoms with Gasteiger partial charge in [0.1, 0.15) is 11.5 Å². The van der Waals surface area contributed by atoms with Gasteiger partial charge in [0, 0.05) is 0 Å². The predicted octanol–water partition coefficient (Wildman–Crippen LogP) is 1.51. The first-order chi connectivity index (χ1) is 12.6. The van der Waals surface area contributed by atoms with Crippen molar-refractivity contribution in [1.29, 1.82) is 0 Å². The van der Waals surface area contributed by atoms with Crippen LogP contribution in [0.3, 0.4) is 0 Å². The maximum absolute atomic E-state index is 11.9. The van der Waals surface area contributed by atoms with Gasteiger partial charge in [0.2, 0.25) is 5.91 Å². The number of hydrazone groups is 1. The van der Waals surface area contributed by atoms with Gasteiger partial charge in [-0.1, -0.05) is 24.3 Å². The minimum absolute atomic E-state index is 0.148. The monoisotopic (exact) mass is 355 g/mol. The Hall–Kier alpha value is -3.35. The number of rotatable bonds is 8. The fourth-order valence-corrected chi connectivity index (χ4v) is 2.11. The highest BCUT2D eigenvalue weighted by Gasteiger charge is 2.06. The Balaban J connectivity index is 1.73. The third-order valence-corrected chi connectivity index (χ3v) is 3.47.